The molecule has 0 fully saturated rings. The van der Waals surface area contributed by atoms with Crippen LogP contribution in [0.25, 0.3) is 0 Å². The highest BCUT2D eigenvalue weighted by atomic mass is 32.2. The molecule has 9 nitrogen and oxygen atoms in total. The first-order chi connectivity index (χ1) is 15.3. The van der Waals surface area contributed by atoms with Gasteiger partial charge in [0.15, 0.2) is 4.90 Å². The van der Waals surface area contributed by atoms with Crippen LogP contribution >= 0.6 is 0 Å². The molecule has 1 atom stereocenters. The van der Waals surface area contributed by atoms with Crippen LogP contribution in [0.1, 0.15) is 47.6 Å². The lowest BCUT2D eigenvalue weighted by Gasteiger charge is -2.27. The van der Waals surface area contributed by atoms with Crippen LogP contribution in [0.4, 0.5) is 10.5 Å². The van der Waals surface area contributed by atoms with E-state index in [0.717, 1.165) is 68.3 Å². The van der Waals surface area contributed by atoms with E-state index >= 15 is 0 Å². The summed E-state index contributed by atoms with van der Waals surface area (Å²) in [5, 5.41) is 7.13. The Balaban J connectivity index is 1.38. The van der Waals surface area contributed by atoms with Crippen LogP contribution in [0, 0.1) is 0 Å². The molecule has 2 aromatic rings. The summed E-state index contributed by atoms with van der Waals surface area (Å²) < 4.78 is 35.5. The summed E-state index contributed by atoms with van der Waals surface area (Å²) in [7, 11) is -0.227. The Morgan fingerprint density at radius 1 is 1.19 bits per heavy atom. The molecule has 5 rings (SSSR count). The van der Waals surface area contributed by atoms with Gasteiger partial charge >= 0.3 is 6.03 Å². The van der Waals surface area contributed by atoms with E-state index in [9.17, 15) is 13.2 Å². The van der Waals surface area contributed by atoms with Crippen molar-refractivity contribution in [3.8, 4) is 5.88 Å². The number of urea groups is 1. The second-order valence-corrected chi connectivity index (χ2v) is 10.8. The number of likely N-dealkylation sites (N-methyl/N-ethyl adjacent to an activating group) is 1. The summed E-state index contributed by atoms with van der Waals surface area (Å²) in [6.45, 7) is 1.12. The molecular formula is C22H29N5O4S. The molecule has 0 bridgehead atoms. The number of benzene rings is 1. The smallest absolute Gasteiger partial charge is 0.333 e. The normalized spacial score (nSPS) is 19.3. The van der Waals surface area contributed by atoms with Crippen molar-refractivity contribution >= 4 is 21.7 Å². The molecule has 10 heteroatoms. The molecule has 32 heavy (non-hydrogen) atoms. The molecule has 2 heterocycles. The van der Waals surface area contributed by atoms with Gasteiger partial charge in [0.25, 0.3) is 10.0 Å². The van der Waals surface area contributed by atoms with Gasteiger partial charge in [0, 0.05) is 18.7 Å². The minimum absolute atomic E-state index is 0.0148. The number of hydrogen-bond acceptors (Lipinski definition) is 6. The Hall–Kier alpha value is -2.59. The molecular weight excluding hydrogens is 430 g/mol. The number of aryl methyl sites for hydroxylation is 2. The van der Waals surface area contributed by atoms with Crippen molar-refractivity contribution in [3.05, 3.63) is 34.5 Å². The van der Waals surface area contributed by atoms with Gasteiger partial charge in [0.05, 0.1) is 18.8 Å². The average Bonchev–Trinajstić information content (AvgIpc) is 3.46. The maximum atomic E-state index is 13.0. The predicted molar refractivity (Wildman–Crippen MR) is 120 cm³/mol. The zero-order valence-corrected chi connectivity index (χ0v) is 19.3. The first-order valence-electron chi connectivity index (χ1n) is 11.2. The number of nitrogens with zero attached hydrogens (tertiary/aromatic N) is 3. The number of aromatic nitrogens is 2. The highest BCUT2D eigenvalue weighted by molar-refractivity contribution is 7.90. The molecule has 1 aliphatic heterocycles. The standard InChI is InChI=1S/C22H29N5O4S/c1-26(2)13-16-9-10-31-21-19(12-23-27(16)21)32(29,30)25-22(28)24-20-17-7-3-5-14(17)11-15-6-4-8-18(15)20/h11-12,16H,3-10,13H2,1-2H3,(H2,24,25,28). The van der Waals surface area contributed by atoms with Crippen LogP contribution in [0.2, 0.25) is 0 Å². The van der Waals surface area contributed by atoms with Crippen molar-refractivity contribution in [3.63, 3.8) is 0 Å². The summed E-state index contributed by atoms with van der Waals surface area (Å²) in [5.74, 6) is 0.185. The minimum atomic E-state index is -4.14. The average molecular weight is 460 g/mol. The summed E-state index contributed by atoms with van der Waals surface area (Å²) in [5.41, 5.74) is 5.65. The lowest BCUT2D eigenvalue weighted by Crippen LogP contribution is -2.35. The number of hydrogen-bond donors (Lipinski definition) is 2. The molecule has 0 spiro atoms. The van der Waals surface area contributed by atoms with Gasteiger partial charge in [0.2, 0.25) is 5.88 Å². The first kappa shape index (κ1) is 21.3. The van der Waals surface area contributed by atoms with E-state index in [2.05, 4.69) is 21.2 Å². The van der Waals surface area contributed by atoms with Crippen LogP contribution < -0.4 is 14.8 Å². The SMILES string of the molecule is CN(C)CC1CCOc2c(S(=O)(=O)NC(=O)Nc3c4c(cc5c3CCC5)CCC4)cnn21. The third kappa shape index (κ3) is 3.75. The molecule has 0 saturated heterocycles. The number of anilines is 1. The fraction of sp³-hybridized carbons (Fsp3) is 0.545. The third-order valence-corrected chi connectivity index (χ3v) is 7.87. The first-order valence-corrected chi connectivity index (χ1v) is 12.7. The molecule has 2 aliphatic carbocycles. The third-order valence-electron chi connectivity index (χ3n) is 6.56. The van der Waals surface area contributed by atoms with Gasteiger partial charge in [-0.3, -0.25) is 0 Å². The highest BCUT2D eigenvalue weighted by Crippen LogP contribution is 2.38. The summed E-state index contributed by atoms with van der Waals surface area (Å²) >= 11 is 0. The lowest BCUT2D eigenvalue weighted by atomic mass is 9.99. The number of carbonyl (C=O) groups excluding carboxylic acids is 1. The van der Waals surface area contributed by atoms with Crippen molar-refractivity contribution in [2.24, 2.45) is 0 Å². The maximum absolute atomic E-state index is 13.0. The van der Waals surface area contributed by atoms with Crippen molar-refractivity contribution in [1.82, 2.24) is 19.4 Å². The Labute approximate surface area is 188 Å². The Morgan fingerprint density at radius 2 is 1.88 bits per heavy atom. The van der Waals surface area contributed by atoms with Crippen LogP contribution in [-0.4, -0.2) is 56.4 Å². The van der Waals surface area contributed by atoms with E-state index in [1.807, 2.05) is 19.0 Å². The number of rotatable bonds is 5. The highest BCUT2D eigenvalue weighted by Gasteiger charge is 2.33. The van der Waals surface area contributed by atoms with Gasteiger partial charge in [-0.15, -0.1) is 0 Å². The quantitative estimate of drug-likeness (QED) is 0.711. The van der Waals surface area contributed by atoms with Gasteiger partial charge in [-0.25, -0.2) is 22.6 Å². The zero-order valence-electron chi connectivity index (χ0n) is 18.5. The second kappa shape index (κ2) is 8.08. The Bertz CT molecular complexity index is 1140. The Morgan fingerprint density at radius 3 is 2.53 bits per heavy atom. The van der Waals surface area contributed by atoms with Crippen LogP contribution in [0.15, 0.2) is 17.2 Å². The fourth-order valence-corrected chi connectivity index (χ4v) is 6.18. The molecule has 0 radical (unpaired) electrons. The molecule has 1 unspecified atom stereocenters. The summed E-state index contributed by atoms with van der Waals surface area (Å²) in [4.78, 5) is 14.7. The summed E-state index contributed by atoms with van der Waals surface area (Å²) in [6, 6.07) is 1.53. The minimum Gasteiger partial charge on any atom is -0.477 e. The van der Waals surface area contributed by atoms with Crippen molar-refractivity contribution in [1.29, 1.82) is 0 Å². The van der Waals surface area contributed by atoms with Gasteiger partial charge in [-0.2, -0.15) is 5.10 Å². The summed E-state index contributed by atoms with van der Waals surface area (Å²) in [6.07, 6.45) is 7.94. The number of nitrogens with one attached hydrogen (secondary N) is 2. The van der Waals surface area contributed by atoms with E-state index in [-0.39, 0.29) is 16.8 Å². The molecule has 1 aromatic heterocycles. The van der Waals surface area contributed by atoms with Crippen LogP contribution in [0.5, 0.6) is 5.88 Å². The second-order valence-electron chi connectivity index (χ2n) is 9.11. The van der Waals surface area contributed by atoms with Crippen LogP contribution in [0.3, 0.4) is 0 Å². The van der Waals surface area contributed by atoms with E-state index in [4.69, 9.17) is 4.74 Å². The van der Waals surface area contributed by atoms with Crippen molar-refractivity contribution in [2.75, 3.05) is 32.6 Å². The van der Waals surface area contributed by atoms with Gasteiger partial charge in [0.1, 0.15) is 0 Å². The van der Waals surface area contributed by atoms with E-state index in [1.54, 1.807) is 4.68 Å². The maximum Gasteiger partial charge on any atom is 0.333 e. The monoisotopic (exact) mass is 459 g/mol. The van der Waals surface area contributed by atoms with E-state index < -0.39 is 16.1 Å². The lowest BCUT2D eigenvalue weighted by molar-refractivity contribution is 0.165. The molecule has 2 N–H and O–H groups in total. The van der Waals surface area contributed by atoms with Crippen LogP contribution in [-0.2, 0) is 35.7 Å². The predicted octanol–water partition coefficient (Wildman–Crippen LogP) is 2.26. The Kier molecular flexibility index (Phi) is 5.37. The van der Waals surface area contributed by atoms with E-state index in [0.29, 0.717) is 6.61 Å². The molecule has 1 aromatic carbocycles. The fourth-order valence-electron chi connectivity index (χ4n) is 5.20. The molecule has 2 amide bonds. The molecule has 3 aliphatic rings. The zero-order chi connectivity index (χ0) is 22.5. The number of sulfonamides is 1. The topological polar surface area (TPSA) is 106 Å². The molecule has 172 valence electrons. The number of ether oxygens (including phenoxy) is 1. The number of carbonyl (C=O) groups is 1. The molecule has 0 saturated carbocycles. The van der Waals surface area contributed by atoms with Gasteiger partial charge in [-0.05, 0) is 74.9 Å². The largest absolute Gasteiger partial charge is 0.477 e. The van der Waals surface area contributed by atoms with Crippen molar-refractivity contribution in [2.45, 2.75) is 55.9 Å². The number of fused-ring (bicyclic) bond motifs is 3. The van der Waals surface area contributed by atoms with Crippen molar-refractivity contribution < 1.29 is 17.9 Å². The number of amides is 2. The van der Waals surface area contributed by atoms with E-state index in [1.165, 1.54) is 17.3 Å². The van der Waals surface area contributed by atoms with Gasteiger partial charge < -0.3 is 15.0 Å². The van der Waals surface area contributed by atoms with Gasteiger partial charge in [-0.1, -0.05) is 6.07 Å².